The van der Waals surface area contributed by atoms with E-state index in [9.17, 15) is 10.1 Å². The fourth-order valence-corrected chi connectivity index (χ4v) is 6.29. The lowest BCUT2D eigenvalue weighted by atomic mass is 10.0. The Morgan fingerprint density at radius 3 is 2.88 bits per heavy atom. The van der Waals surface area contributed by atoms with Crippen molar-refractivity contribution in [3.8, 4) is 11.8 Å². The third-order valence-electron chi connectivity index (χ3n) is 8.47. The summed E-state index contributed by atoms with van der Waals surface area (Å²) >= 11 is 0. The van der Waals surface area contributed by atoms with E-state index < -0.39 is 0 Å². The molecule has 214 valence electrons. The maximum atomic E-state index is 13.2. The van der Waals surface area contributed by atoms with Crippen molar-refractivity contribution < 1.29 is 14.3 Å². The molecule has 1 unspecified atom stereocenters. The molecule has 42 heavy (non-hydrogen) atoms. The topological polar surface area (TPSA) is 103 Å². The quantitative estimate of drug-likeness (QED) is 0.408. The number of pyridine rings is 1. The zero-order chi connectivity index (χ0) is 28.5. The number of benzene rings is 2. The van der Waals surface area contributed by atoms with Gasteiger partial charge in [-0.05, 0) is 62.5 Å². The molecule has 2 aromatic carbocycles. The number of carbonyl (C=O) groups is 1. The lowest BCUT2D eigenvalue weighted by molar-refractivity contribution is -0.112. The first-order valence-electron chi connectivity index (χ1n) is 14.8. The van der Waals surface area contributed by atoms with E-state index in [1.165, 1.54) is 5.56 Å². The average molecular weight is 563 g/mol. The minimum Gasteiger partial charge on any atom is -0.486 e. The number of ether oxygens (including phenoxy) is 2. The second kappa shape index (κ2) is 11.5. The van der Waals surface area contributed by atoms with E-state index in [0.717, 1.165) is 86.3 Å². The van der Waals surface area contributed by atoms with Gasteiger partial charge in [-0.25, -0.2) is 0 Å². The van der Waals surface area contributed by atoms with Crippen molar-refractivity contribution in [1.82, 2.24) is 10.3 Å². The van der Waals surface area contributed by atoms with Crippen LogP contribution >= 0.6 is 0 Å². The van der Waals surface area contributed by atoms with Crippen molar-refractivity contribution in [3.05, 3.63) is 71.6 Å². The predicted molar refractivity (Wildman–Crippen MR) is 163 cm³/mol. The van der Waals surface area contributed by atoms with Crippen LogP contribution in [-0.2, 0) is 16.0 Å². The molecule has 2 N–H and O–H groups in total. The number of piperidine rings is 1. The number of hydrogen-bond donors (Lipinski definition) is 2. The van der Waals surface area contributed by atoms with Crippen LogP contribution in [0.4, 0.5) is 22.7 Å². The van der Waals surface area contributed by atoms with Crippen LogP contribution < -0.4 is 25.2 Å². The summed E-state index contributed by atoms with van der Waals surface area (Å²) < 4.78 is 11.9. The third kappa shape index (κ3) is 5.20. The maximum Gasteiger partial charge on any atom is 0.248 e. The molecule has 0 bridgehead atoms. The van der Waals surface area contributed by atoms with Crippen molar-refractivity contribution in [2.24, 2.45) is 0 Å². The predicted octanol–water partition coefficient (Wildman–Crippen LogP) is 4.94. The zero-order valence-corrected chi connectivity index (χ0v) is 23.6. The number of fused-ring (bicyclic) bond motifs is 2. The molecule has 1 amide bonds. The number of nitrogens with one attached hydrogen (secondary N) is 2. The number of rotatable bonds is 6. The van der Waals surface area contributed by atoms with Crippen LogP contribution in [0.2, 0.25) is 0 Å². The Morgan fingerprint density at radius 1 is 1.19 bits per heavy atom. The van der Waals surface area contributed by atoms with Gasteiger partial charge in [-0.3, -0.25) is 9.78 Å². The van der Waals surface area contributed by atoms with Gasteiger partial charge in [0, 0.05) is 60.8 Å². The number of nitriles is 1. The van der Waals surface area contributed by atoms with E-state index in [0.29, 0.717) is 35.7 Å². The Morgan fingerprint density at radius 2 is 2.10 bits per heavy atom. The van der Waals surface area contributed by atoms with E-state index in [2.05, 4.69) is 62.0 Å². The number of carbonyl (C=O) groups excluding carboxylic acids is 1. The van der Waals surface area contributed by atoms with Crippen LogP contribution in [0.3, 0.4) is 0 Å². The molecule has 0 saturated carbocycles. The van der Waals surface area contributed by atoms with Gasteiger partial charge in [-0.2, -0.15) is 5.26 Å². The Kier molecular flexibility index (Phi) is 7.24. The van der Waals surface area contributed by atoms with Crippen LogP contribution in [0.5, 0.6) is 5.75 Å². The van der Waals surface area contributed by atoms with Crippen LogP contribution in [0.25, 0.3) is 10.9 Å². The van der Waals surface area contributed by atoms with Crippen LogP contribution in [-0.4, -0.2) is 56.4 Å². The van der Waals surface area contributed by atoms with Crippen LogP contribution in [0.1, 0.15) is 36.8 Å². The van der Waals surface area contributed by atoms with Gasteiger partial charge in [-0.15, -0.1) is 0 Å². The summed E-state index contributed by atoms with van der Waals surface area (Å²) in [4.78, 5) is 22.4. The maximum absolute atomic E-state index is 13.2. The molecule has 4 aliphatic rings. The lowest BCUT2D eigenvalue weighted by Crippen LogP contribution is -2.24. The number of anilines is 4. The molecule has 2 fully saturated rings. The number of hydrogen-bond acceptors (Lipinski definition) is 8. The van der Waals surface area contributed by atoms with Gasteiger partial charge in [0.25, 0.3) is 0 Å². The smallest absolute Gasteiger partial charge is 0.248 e. The Labute approximate surface area is 245 Å². The van der Waals surface area contributed by atoms with E-state index >= 15 is 0 Å². The first-order chi connectivity index (χ1) is 20.7. The second-order valence-corrected chi connectivity index (χ2v) is 11.2. The Bertz CT molecular complexity index is 1630. The summed E-state index contributed by atoms with van der Waals surface area (Å²) in [6, 6.07) is 12.8. The summed E-state index contributed by atoms with van der Waals surface area (Å²) in [6.07, 6.45) is 12.0. The third-order valence-corrected chi connectivity index (χ3v) is 8.47. The van der Waals surface area contributed by atoms with Crippen molar-refractivity contribution in [2.75, 3.05) is 54.5 Å². The van der Waals surface area contributed by atoms with Crippen molar-refractivity contribution in [1.29, 1.82) is 5.26 Å². The molecule has 9 heteroatoms. The molecule has 0 aliphatic carbocycles. The van der Waals surface area contributed by atoms with E-state index in [4.69, 9.17) is 9.47 Å². The monoisotopic (exact) mass is 562 g/mol. The van der Waals surface area contributed by atoms with Crippen molar-refractivity contribution >= 4 is 39.6 Å². The van der Waals surface area contributed by atoms with Crippen molar-refractivity contribution in [2.45, 2.75) is 38.2 Å². The molecule has 0 spiro atoms. The van der Waals surface area contributed by atoms with Gasteiger partial charge in [0.05, 0.1) is 35.7 Å². The fourth-order valence-electron chi connectivity index (χ4n) is 6.29. The largest absolute Gasteiger partial charge is 0.486 e. The first-order valence-corrected chi connectivity index (χ1v) is 14.8. The standard InChI is InChI=1S/C33H34N6O3/c34-19-24-20-36-28-18-31(42-26-8-14-41-21-26)29(37-32(40)15-22-5-9-35-10-6-22)17-27(28)33(24)39-13-7-23-3-4-25(16-30(23)39)38-11-1-2-12-38/h1,3-4,11,15-18,20,26,35H,2,5-10,12-14,21H2,(H,37,40). The summed E-state index contributed by atoms with van der Waals surface area (Å²) in [5.74, 6) is 0.377. The highest BCUT2D eigenvalue weighted by Crippen LogP contribution is 2.44. The first kappa shape index (κ1) is 26.5. The normalized spacial score (nSPS) is 19.7. The molecule has 7 rings (SSSR count). The molecular formula is C33H34N6O3. The van der Waals surface area contributed by atoms with Gasteiger partial charge in [0.15, 0.2) is 0 Å². The molecule has 1 aromatic heterocycles. The number of aromatic nitrogens is 1. The average Bonchev–Trinajstić information content (AvgIpc) is 3.80. The SMILES string of the molecule is N#Cc1cnc2cc(OC3CCOC3)c(NC(=O)C=C3CCNCC3)cc2c1N1CCc2ccc(N3C=CCC3)cc21. The molecule has 5 heterocycles. The Balaban J connectivity index is 1.31. The van der Waals surface area contributed by atoms with Gasteiger partial charge < -0.3 is 29.9 Å². The van der Waals surface area contributed by atoms with Gasteiger partial charge in [0.1, 0.15) is 17.9 Å². The molecule has 2 saturated heterocycles. The molecule has 9 nitrogen and oxygen atoms in total. The minimum absolute atomic E-state index is 0.0951. The van der Waals surface area contributed by atoms with E-state index in [1.54, 1.807) is 12.3 Å². The molecule has 0 radical (unpaired) electrons. The molecule has 4 aliphatic heterocycles. The fraction of sp³-hybridized carbons (Fsp3) is 0.364. The van der Waals surface area contributed by atoms with Gasteiger partial charge >= 0.3 is 0 Å². The zero-order valence-electron chi connectivity index (χ0n) is 23.6. The van der Waals surface area contributed by atoms with Gasteiger partial charge in [0.2, 0.25) is 5.91 Å². The van der Waals surface area contributed by atoms with Crippen LogP contribution in [0, 0.1) is 11.3 Å². The molecule has 3 aromatic rings. The summed E-state index contributed by atoms with van der Waals surface area (Å²) in [5, 5.41) is 17.4. The second-order valence-electron chi connectivity index (χ2n) is 11.2. The highest BCUT2D eigenvalue weighted by Gasteiger charge is 2.28. The number of amides is 1. The van der Waals surface area contributed by atoms with Gasteiger partial charge in [-0.1, -0.05) is 17.7 Å². The van der Waals surface area contributed by atoms with Crippen molar-refractivity contribution in [3.63, 3.8) is 0 Å². The summed E-state index contributed by atoms with van der Waals surface area (Å²) in [5.41, 5.74) is 7.19. The Hall–Kier alpha value is -4.39. The minimum atomic E-state index is -0.181. The number of nitrogens with zero attached hydrogens (tertiary/aromatic N) is 4. The van der Waals surface area contributed by atoms with E-state index in [1.807, 2.05) is 12.1 Å². The summed E-state index contributed by atoms with van der Waals surface area (Å²) in [7, 11) is 0. The lowest BCUT2D eigenvalue weighted by Gasteiger charge is -2.25. The molecule has 1 atom stereocenters. The highest BCUT2D eigenvalue weighted by atomic mass is 16.5. The molecular weight excluding hydrogens is 528 g/mol. The highest BCUT2D eigenvalue weighted by molar-refractivity contribution is 6.05. The summed E-state index contributed by atoms with van der Waals surface area (Å²) in [6.45, 7) is 4.63. The van der Waals surface area contributed by atoms with Crippen LogP contribution in [0.15, 0.2) is 60.5 Å². The van der Waals surface area contributed by atoms with E-state index in [-0.39, 0.29) is 12.0 Å².